The number of aryl methyl sites for hydroxylation is 2. The van der Waals surface area contributed by atoms with Crippen molar-refractivity contribution >= 4 is 10.0 Å². The molecule has 0 saturated carbocycles. The van der Waals surface area contributed by atoms with Gasteiger partial charge in [0.25, 0.3) is 0 Å². The summed E-state index contributed by atoms with van der Waals surface area (Å²) in [4.78, 5) is 4.44. The summed E-state index contributed by atoms with van der Waals surface area (Å²) in [6, 6.07) is 15.6. The van der Waals surface area contributed by atoms with E-state index in [1.54, 1.807) is 19.2 Å². The molecule has 158 valence electrons. The maximum atomic E-state index is 11.8. The molecule has 31 heavy (non-hydrogen) atoms. The van der Waals surface area contributed by atoms with Gasteiger partial charge in [-0.25, -0.2) is 13.6 Å². The third-order valence-electron chi connectivity index (χ3n) is 5.65. The van der Waals surface area contributed by atoms with Gasteiger partial charge in [0, 0.05) is 28.7 Å². The average molecular weight is 433 g/mol. The van der Waals surface area contributed by atoms with E-state index in [0.29, 0.717) is 5.56 Å². The van der Waals surface area contributed by atoms with Crippen molar-refractivity contribution in [2.45, 2.75) is 32.6 Å². The van der Waals surface area contributed by atoms with Gasteiger partial charge in [0.2, 0.25) is 10.0 Å². The first-order chi connectivity index (χ1) is 14.7. The second kappa shape index (κ2) is 7.76. The third kappa shape index (κ3) is 3.89. The highest BCUT2D eigenvalue weighted by Gasteiger charge is 2.17. The van der Waals surface area contributed by atoms with Crippen LogP contribution in [-0.4, -0.2) is 23.6 Å². The van der Waals surface area contributed by atoms with Gasteiger partial charge >= 0.3 is 0 Å². The number of aromatic nitrogens is 3. The number of hydrogen-bond acceptors (Lipinski definition) is 4. The number of aromatic amines is 1. The lowest BCUT2D eigenvalue weighted by atomic mass is 9.94. The van der Waals surface area contributed by atoms with E-state index in [1.807, 2.05) is 51.1 Å². The number of rotatable bonds is 4. The van der Waals surface area contributed by atoms with Gasteiger partial charge in [-0.15, -0.1) is 0 Å². The molecule has 2 heterocycles. The summed E-state index contributed by atoms with van der Waals surface area (Å²) < 4.78 is 23.6. The summed E-state index contributed by atoms with van der Waals surface area (Å²) in [5, 5.41) is 13.0. The molecule has 4 rings (SSSR count). The number of benzene rings is 2. The Balaban J connectivity index is 1.76. The minimum atomic E-state index is -3.75. The highest BCUT2D eigenvalue weighted by molar-refractivity contribution is 7.89. The van der Waals surface area contributed by atoms with Crippen LogP contribution in [0.5, 0.6) is 0 Å². The second-order valence-electron chi connectivity index (χ2n) is 7.74. The largest absolute Gasteiger partial charge is 0.282 e. The smallest absolute Gasteiger partial charge is 0.238 e. The van der Waals surface area contributed by atoms with Crippen molar-refractivity contribution in [3.63, 3.8) is 0 Å². The number of nitrogens with two attached hydrogens (primary N) is 1. The molecule has 3 N–H and O–H groups in total. The van der Waals surface area contributed by atoms with Gasteiger partial charge in [0.05, 0.1) is 4.90 Å². The lowest BCUT2D eigenvalue weighted by Gasteiger charge is -2.13. The molecule has 0 aliphatic carbocycles. The molecule has 0 amide bonds. The number of sulfonamides is 1. The molecule has 0 spiro atoms. The van der Waals surface area contributed by atoms with Crippen LogP contribution in [0.25, 0.3) is 33.5 Å². The summed E-state index contributed by atoms with van der Waals surface area (Å²) >= 11 is 0. The molecule has 0 unspecified atom stereocenters. The van der Waals surface area contributed by atoms with Crippen LogP contribution in [-0.2, 0) is 10.0 Å². The van der Waals surface area contributed by atoms with E-state index < -0.39 is 10.0 Å². The normalized spacial score (nSPS) is 11.6. The molecular weight excluding hydrogens is 408 g/mol. The summed E-state index contributed by atoms with van der Waals surface area (Å²) in [6.45, 7) is 7.67. The quantitative estimate of drug-likeness (QED) is 0.488. The fourth-order valence-electron chi connectivity index (χ4n) is 3.92. The predicted molar refractivity (Wildman–Crippen MR) is 123 cm³/mol. The fourth-order valence-corrected chi connectivity index (χ4v) is 4.75. The Bertz CT molecular complexity index is 1390. The molecule has 2 aromatic heterocycles. The number of nitrogens with zero attached hydrogens (tertiary/aromatic N) is 2. The minimum Gasteiger partial charge on any atom is -0.282 e. The summed E-state index contributed by atoms with van der Waals surface area (Å²) in [5.74, 6) is 0. The van der Waals surface area contributed by atoms with E-state index in [-0.39, 0.29) is 4.90 Å². The van der Waals surface area contributed by atoms with Crippen LogP contribution in [0.1, 0.15) is 22.5 Å². The van der Waals surface area contributed by atoms with E-state index in [1.165, 1.54) is 0 Å². The lowest BCUT2D eigenvalue weighted by Crippen LogP contribution is -2.14. The maximum absolute atomic E-state index is 11.8. The fraction of sp³-hybridized carbons (Fsp3) is 0.167. The molecule has 7 heteroatoms. The Morgan fingerprint density at radius 1 is 0.839 bits per heavy atom. The van der Waals surface area contributed by atoms with Crippen LogP contribution in [0.15, 0.2) is 59.6 Å². The van der Waals surface area contributed by atoms with Gasteiger partial charge in [-0.1, -0.05) is 30.3 Å². The van der Waals surface area contributed by atoms with Crippen molar-refractivity contribution in [3.8, 4) is 33.5 Å². The van der Waals surface area contributed by atoms with Gasteiger partial charge in [-0.05, 0) is 73.7 Å². The zero-order chi connectivity index (χ0) is 22.3. The average Bonchev–Trinajstić information content (AvgIpc) is 3.11. The van der Waals surface area contributed by atoms with E-state index in [9.17, 15) is 8.42 Å². The van der Waals surface area contributed by atoms with E-state index in [0.717, 1.165) is 50.5 Å². The first-order valence-corrected chi connectivity index (χ1v) is 11.4. The summed E-state index contributed by atoms with van der Waals surface area (Å²) in [6.07, 6.45) is 1.79. The molecule has 0 radical (unpaired) electrons. The van der Waals surface area contributed by atoms with Crippen LogP contribution in [0.4, 0.5) is 0 Å². The molecule has 0 aliphatic rings. The van der Waals surface area contributed by atoms with Crippen LogP contribution < -0.4 is 5.14 Å². The standard InChI is InChI=1S/C24H24N4O2S/c1-14-13-20(11-12-26-14)24-23(17(4)27-28-24)19-7-5-18(6-8-19)21-9-10-22(31(25,29)30)16(3)15(21)2/h5-13H,1-4H3,(H,27,28)(H2,25,29,30). The minimum absolute atomic E-state index is 0.164. The number of H-pyrrole nitrogens is 1. The van der Waals surface area contributed by atoms with Crippen molar-refractivity contribution in [1.82, 2.24) is 15.2 Å². The Hall–Kier alpha value is -3.29. The van der Waals surface area contributed by atoms with Crippen molar-refractivity contribution in [1.29, 1.82) is 0 Å². The molecule has 0 aliphatic heterocycles. The van der Waals surface area contributed by atoms with Gasteiger partial charge < -0.3 is 0 Å². The lowest BCUT2D eigenvalue weighted by molar-refractivity contribution is 0.597. The number of primary sulfonamides is 1. The Kier molecular flexibility index (Phi) is 5.24. The molecular formula is C24H24N4O2S. The number of nitrogens with one attached hydrogen (secondary N) is 1. The summed E-state index contributed by atoms with van der Waals surface area (Å²) in [7, 11) is -3.75. The predicted octanol–water partition coefficient (Wildman–Crippen LogP) is 4.69. The van der Waals surface area contributed by atoms with Crippen molar-refractivity contribution in [2.24, 2.45) is 5.14 Å². The van der Waals surface area contributed by atoms with E-state index in [4.69, 9.17) is 5.14 Å². The van der Waals surface area contributed by atoms with E-state index in [2.05, 4.69) is 27.3 Å². The van der Waals surface area contributed by atoms with Gasteiger partial charge in [0.15, 0.2) is 0 Å². The maximum Gasteiger partial charge on any atom is 0.238 e. The van der Waals surface area contributed by atoms with Crippen LogP contribution in [0.3, 0.4) is 0 Å². The first-order valence-electron chi connectivity index (χ1n) is 9.88. The molecule has 6 nitrogen and oxygen atoms in total. The van der Waals surface area contributed by atoms with Gasteiger partial charge in [-0.3, -0.25) is 10.1 Å². The van der Waals surface area contributed by atoms with Gasteiger partial charge in [0.1, 0.15) is 5.69 Å². The second-order valence-corrected chi connectivity index (χ2v) is 9.27. The first kappa shape index (κ1) is 21.0. The van der Waals surface area contributed by atoms with Crippen molar-refractivity contribution in [3.05, 3.63) is 77.2 Å². The van der Waals surface area contributed by atoms with Crippen LogP contribution in [0.2, 0.25) is 0 Å². The molecule has 2 aromatic carbocycles. The number of pyridine rings is 1. The summed E-state index contributed by atoms with van der Waals surface area (Å²) in [5.41, 5.74) is 9.48. The molecule has 0 fully saturated rings. The van der Waals surface area contributed by atoms with Crippen molar-refractivity contribution in [2.75, 3.05) is 0 Å². The Labute approximate surface area is 182 Å². The zero-order valence-electron chi connectivity index (χ0n) is 17.9. The molecule has 0 bridgehead atoms. The van der Waals surface area contributed by atoms with Crippen LogP contribution >= 0.6 is 0 Å². The van der Waals surface area contributed by atoms with Gasteiger partial charge in [-0.2, -0.15) is 5.10 Å². The van der Waals surface area contributed by atoms with Crippen molar-refractivity contribution < 1.29 is 8.42 Å². The highest BCUT2D eigenvalue weighted by atomic mass is 32.2. The molecule has 0 saturated heterocycles. The molecule has 4 aromatic rings. The van der Waals surface area contributed by atoms with Crippen LogP contribution in [0, 0.1) is 27.7 Å². The number of hydrogen-bond donors (Lipinski definition) is 2. The topological polar surface area (TPSA) is 102 Å². The zero-order valence-corrected chi connectivity index (χ0v) is 18.7. The van der Waals surface area contributed by atoms with E-state index >= 15 is 0 Å². The Morgan fingerprint density at radius 2 is 1.52 bits per heavy atom. The Morgan fingerprint density at radius 3 is 2.16 bits per heavy atom. The molecule has 0 atom stereocenters. The monoisotopic (exact) mass is 432 g/mol. The highest BCUT2D eigenvalue weighted by Crippen LogP contribution is 2.35. The third-order valence-corrected chi connectivity index (χ3v) is 6.70. The SMILES string of the molecule is Cc1cc(-c2n[nH]c(C)c2-c2ccc(-c3ccc(S(N)(=O)=O)c(C)c3C)cc2)ccn1.